The molecule has 0 aliphatic heterocycles. The van der Waals surface area contributed by atoms with Gasteiger partial charge in [-0.1, -0.05) is 44.2 Å². The van der Waals surface area contributed by atoms with Gasteiger partial charge in [0.05, 0.1) is 12.7 Å². The number of carbonyl (C=O) groups is 2. The normalized spacial score (nSPS) is 14.0. The van der Waals surface area contributed by atoms with E-state index in [4.69, 9.17) is 0 Å². The van der Waals surface area contributed by atoms with Crippen molar-refractivity contribution in [1.82, 2.24) is 0 Å². The molecule has 3 N–H and O–H groups in total. The SMILES string of the molecule is CC[C@H](C)c1ccccc1NC(=O)[C@@H](C)[NH+](C)CC(=O)Nc1ccccc1SC. The summed E-state index contributed by atoms with van der Waals surface area (Å²) in [7, 11) is 1.87. The highest BCUT2D eigenvalue weighted by atomic mass is 32.2. The molecule has 156 valence electrons. The summed E-state index contributed by atoms with van der Waals surface area (Å²) in [5.41, 5.74) is 2.79. The van der Waals surface area contributed by atoms with Crippen LogP contribution in [0.25, 0.3) is 0 Å². The molecule has 0 radical (unpaired) electrons. The molecule has 2 aromatic carbocycles. The van der Waals surface area contributed by atoms with Gasteiger partial charge in [0, 0.05) is 10.6 Å². The van der Waals surface area contributed by atoms with Crippen LogP contribution in [0.15, 0.2) is 53.4 Å². The summed E-state index contributed by atoms with van der Waals surface area (Å²) in [5, 5.41) is 6.01. The summed E-state index contributed by atoms with van der Waals surface area (Å²) in [5.74, 6) is 0.174. The van der Waals surface area contributed by atoms with Gasteiger partial charge in [-0.15, -0.1) is 11.8 Å². The first kappa shape index (κ1) is 23.0. The van der Waals surface area contributed by atoms with Gasteiger partial charge in [0.2, 0.25) is 0 Å². The van der Waals surface area contributed by atoms with Crippen molar-refractivity contribution in [1.29, 1.82) is 0 Å². The fourth-order valence-corrected chi connectivity index (χ4v) is 3.63. The van der Waals surface area contributed by atoms with E-state index in [-0.39, 0.29) is 24.4 Å². The van der Waals surface area contributed by atoms with Gasteiger partial charge in [0.1, 0.15) is 0 Å². The number of nitrogens with one attached hydrogen (secondary N) is 3. The van der Waals surface area contributed by atoms with Gasteiger partial charge in [-0.25, -0.2) is 0 Å². The minimum absolute atomic E-state index is 0.0874. The Labute approximate surface area is 178 Å². The van der Waals surface area contributed by atoms with Crippen LogP contribution in [0, 0.1) is 0 Å². The van der Waals surface area contributed by atoms with Crippen molar-refractivity contribution in [2.24, 2.45) is 0 Å². The predicted molar refractivity (Wildman–Crippen MR) is 122 cm³/mol. The van der Waals surface area contributed by atoms with Crippen LogP contribution in [-0.2, 0) is 9.59 Å². The summed E-state index contributed by atoms with van der Waals surface area (Å²) in [4.78, 5) is 27.1. The predicted octanol–water partition coefficient (Wildman–Crippen LogP) is 3.40. The molecule has 0 aromatic heterocycles. The number of rotatable bonds is 9. The highest BCUT2D eigenvalue weighted by Gasteiger charge is 2.25. The Bertz CT molecular complexity index is 840. The second kappa shape index (κ2) is 11.0. The summed E-state index contributed by atoms with van der Waals surface area (Å²) in [6.45, 7) is 6.35. The van der Waals surface area contributed by atoms with E-state index >= 15 is 0 Å². The van der Waals surface area contributed by atoms with Crippen molar-refractivity contribution >= 4 is 35.0 Å². The fourth-order valence-electron chi connectivity index (χ4n) is 3.07. The maximum absolute atomic E-state index is 12.8. The molecule has 2 aromatic rings. The summed E-state index contributed by atoms with van der Waals surface area (Å²) < 4.78 is 0. The number of para-hydroxylation sites is 2. The highest BCUT2D eigenvalue weighted by molar-refractivity contribution is 7.98. The lowest BCUT2D eigenvalue weighted by molar-refractivity contribution is -0.885. The van der Waals surface area contributed by atoms with Gasteiger partial charge in [0.15, 0.2) is 12.6 Å². The van der Waals surface area contributed by atoms with Gasteiger partial charge >= 0.3 is 0 Å². The van der Waals surface area contributed by atoms with Gasteiger partial charge < -0.3 is 15.5 Å². The van der Waals surface area contributed by atoms with Crippen molar-refractivity contribution in [2.75, 3.05) is 30.5 Å². The molecule has 3 atom stereocenters. The van der Waals surface area contributed by atoms with Gasteiger partial charge in [-0.2, -0.15) is 0 Å². The Hall–Kier alpha value is -2.31. The summed E-state index contributed by atoms with van der Waals surface area (Å²) in [6, 6.07) is 15.3. The molecule has 1 unspecified atom stereocenters. The monoisotopic (exact) mass is 414 g/mol. The topological polar surface area (TPSA) is 62.6 Å². The van der Waals surface area contributed by atoms with Crippen LogP contribution in [0.5, 0.6) is 0 Å². The Morgan fingerprint density at radius 1 is 1.00 bits per heavy atom. The molecule has 0 spiro atoms. The number of hydrogen-bond acceptors (Lipinski definition) is 3. The molecule has 2 rings (SSSR count). The lowest BCUT2D eigenvalue weighted by atomic mass is 9.97. The van der Waals surface area contributed by atoms with Crippen LogP contribution in [-0.4, -0.2) is 37.7 Å². The van der Waals surface area contributed by atoms with Gasteiger partial charge in [-0.3, -0.25) is 9.59 Å². The van der Waals surface area contributed by atoms with E-state index in [1.165, 1.54) is 0 Å². The average molecular weight is 415 g/mol. The third-order valence-electron chi connectivity index (χ3n) is 5.31. The van der Waals surface area contributed by atoms with Crippen LogP contribution in [0.3, 0.4) is 0 Å². The molecule has 0 heterocycles. The van der Waals surface area contributed by atoms with E-state index in [1.807, 2.05) is 62.7 Å². The van der Waals surface area contributed by atoms with Crippen LogP contribution >= 0.6 is 11.8 Å². The minimum atomic E-state index is -0.360. The highest BCUT2D eigenvalue weighted by Crippen LogP contribution is 2.26. The van der Waals surface area contributed by atoms with E-state index in [2.05, 4.69) is 30.5 Å². The number of hydrogen-bond donors (Lipinski definition) is 3. The van der Waals surface area contributed by atoms with Crippen molar-refractivity contribution in [2.45, 2.75) is 44.0 Å². The molecule has 29 heavy (non-hydrogen) atoms. The third-order valence-corrected chi connectivity index (χ3v) is 6.11. The molecule has 0 saturated heterocycles. The Kier molecular flexibility index (Phi) is 8.73. The number of benzene rings is 2. The zero-order chi connectivity index (χ0) is 21.4. The maximum Gasteiger partial charge on any atom is 0.282 e. The molecule has 6 heteroatoms. The summed E-state index contributed by atoms with van der Waals surface area (Å²) >= 11 is 1.59. The fraction of sp³-hybridized carbons (Fsp3) is 0.391. The number of anilines is 2. The first-order chi connectivity index (χ1) is 13.9. The standard InChI is InChI=1S/C23H31N3O2S/c1-6-16(2)18-11-7-8-12-19(18)25-23(28)17(3)26(4)15-22(27)24-20-13-9-10-14-21(20)29-5/h7-14,16-17H,6,15H2,1-5H3,(H,24,27)(H,25,28)/p+1/t16-,17+/m0/s1. The zero-order valence-corrected chi connectivity index (χ0v) is 18.7. The van der Waals surface area contributed by atoms with Gasteiger partial charge in [-0.05, 0) is 49.3 Å². The van der Waals surface area contributed by atoms with Crippen LogP contribution < -0.4 is 15.5 Å². The van der Waals surface area contributed by atoms with Crippen molar-refractivity contribution in [3.05, 3.63) is 54.1 Å². The smallest absolute Gasteiger partial charge is 0.282 e. The van der Waals surface area contributed by atoms with Crippen LogP contribution in [0.2, 0.25) is 0 Å². The van der Waals surface area contributed by atoms with Gasteiger partial charge in [0.25, 0.3) is 11.8 Å². The molecular formula is C23H32N3O2S+. The molecule has 0 bridgehead atoms. The summed E-state index contributed by atoms with van der Waals surface area (Å²) in [6.07, 6.45) is 2.98. The van der Waals surface area contributed by atoms with E-state index in [1.54, 1.807) is 11.8 Å². The van der Waals surface area contributed by atoms with Crippen molar-refractivity contribution in [3.8, 4) is 0 Å². The van der Waals surface area contributed by atoms with Crippen LogP contribution in [0.1, 0.15) is 38.7 Å². The lowest BCUT2D eigenvalue weighted by Crippen LogP contribution is -3.14. The first-order valence-corrected chi connectivity index (χ1v) is 11.2. The Morgan fingerprint density at radius 2 is 1.62 bits per heavy atom. The number of amides is 2. The Balaban J connectivity index is 1.98. The number of thioether (sulfide) groups is 1. The van der Waals surface area contributed by atoms with Crippen molar-refractivity contribution in [3.63, 3.8) is 0 Å². The molecule has 2 amide bonds. The molecule has 0 saturated carbocycles. The molecule has 0 aliphatic rings. The molecular weight excluding hydrogens is 382 g/mol. The molecule has 5 nitrogen and oxygen atoms in total. The average Bonchev–Trinajstić information content (AvgIpc) is 2.73. The number of carbonyl (C=O) groups excluding carboxylic acids is 2. The largest absolute Gasteiger partial charge is 0.321 e. The number of quaternary nitrogens is 1. The second-order valence-corrected chi connectivity index (χ2v) is 8.23. The minimum Gasteiger partial charge on any atom is -0.321 e. The second-order valence-electron chi connectivity index (χ2n) is 7.38. The Morgan fingerprint density at radius 3 is 2.28 bits per heavy atom. The van der Waals surface area contributed by atoms with Crippen LogP contribution in [0.4, 0.5) is 11.4 Å². The van der Waals surface area contributed by atoms with E-state index < -0.39 is 0 Å². The third kappa shape index (κ3) is 6.34. The zero-order valence-electron chi connectivity index (χ0n) is 17.9. The first-order valence-electron chi connectivity index (χ1n) is 10.0. The van der Waals surface area contributed by atoms with E-state index in [9.17, 15) is 9.59 Å². The maximum atomic E-state index is 12.8. The molecule has 0 fully saturated rings. The van der Waals surface area contributed by atoms with Crippen molar-refractivity contribution < 1.29 is 14.5 Å². The molecule has 0 aliphatic carbocycles. The lowest BCUT2D eigenvalue weighted by Gasteiger charge is -2.22. The number of likely N-dealkylation sites (N-methyl/N-ethyl adjacent to an activating group) is 1. The van der Waals surface area contributed by atoms with E-state index in [0.29, 0.717) is 5.92 Å². The quantitative estimate of drug-likeness (QED) is 0.551. The van der Waals surface area contributed by atoms with E-state index in [0.717, 1.165) is 33.2 Å².